The van der Waals surface area contributed by atoms with E-state index in [1.807, 2.05) is 7.98 Å². The van der Waals surface area contributed by atoms with Gasteiger partial charge < -0.3 is 10.5 Å². The Bertz CT molecular complexity index is 528. The van der Waals surface area contributed by atoms with Crippen molar-refractivity contribution in [2.75, 3.05) is 26.2 Å². The lowest BCUT2D eigenvalue weighted by Gasteiger charge is -2.32. The van der Waals surface area contributed by atoms with Crippen molar-refractivity contribution in [3.05, 3.63) is 34.9 Å². The molecule has 1 amide bonds. The average molecular weight is 299 g/mol. The third-order valence-electron chi connectivity index (χ3n) is 3.66. The molecular formula is C13H17BF3N3O. The molecule has 0 spiro atoms. The van der Waals surface area contributed by atoms with Gasteiger partial charge in [-0.3, -0.25) is 9.69 Å². The zero-order valence-electron chi connectivity index (χ0n) is 11.8. The van der Waals surface area contributed by atoms with Gasteiger partial charge in [0.05, 0.1) is 11.1 Å². The molecule has 0 atom stereocenters. The number of amides is 1. The minimum absolute atomic E-state index is 0.440. The van der Waals surface area contributed by atoms with E-state index < -0.39 is 23.2 Å². The van der Waals surface area contributed by atoms with Gasteiger partial charge >= 0.3 is 6.18 Å². The summed E-state index contributed by atoms with van der Waals surface area (Å²) in [7, 11) is 2.01. The van der Waals surface area contributed by atoms with Crippen molar-refractivity contribution in [3.8, 4) is 0 Å². The van der Waals surface area contributed by atoms with E-state index in [9.17, 15) is 18.0 Å². The Morgan fingerprint density at radius 3 is 2.38 bits per heavy atom. The molecule has 1 aliphatic heterocycles. The van der Waals surface area contributed by atoms with Crippen LogP contribution in [0.5, 0.6) is 0 Å². The number of hydrogen-bond acceptors (Lipinski definition) is 3. The van der Waals surface area contributed by atoms with Crippen LogP contribution in [-0.2, 0) is 12.7 Å². The van der Waals surface area contributed by atoms with Gasteiger partial charge in [0.15, 0.2) is 7.98 Å². The normalized spacial score (nSPS) is 17.9. The highest BCUT2D eigenvalue weighted by atomic mass is 19.4. The minimum atomic E-state index is -4.58. The van der Waals surface area contributed by atoms with Crippen LogP contribution in [0.15, 0.2) is 18.2 Å². The molecular weight excluding hydrogens is 282 g/mol. The van der Waals surface area contributed by atoms with Crippen molar-refractivity contribution in [1.82, 2.24) is 9.71 Å². The summed E-state index contributed by atoms with van der Waals surface area (Å²) in [5, 5.41) is 0. The molecule has 21 heavy (non-hydrogen) atoms. The fraction of sp³-hybridized carbons (Fsp3) is 0.462. The second kappa shape index (κ2) is 6.07. The van der Waals surface area contributed by atoms with Gasteiger partial charge in [-0.25, -0.2) is 0 Å². The highest BCUT2D eigenvalue weighted by Gasteiger charge is 2.35. The minimum Gasteiger partial charge on any atom is -0.366 e. The molecule has 0 radical (unpaired) electrons. The smallest absolute Gasteiger partial charge is 0.366 e. The summed E-state index contributed by atoms with van der Waals surface area (Å²) in [6, 6.07) is 3.72. The van der Waals surface area contributed by atoms with E-state index in [0.717, 1.165) is 38.3 Å². The first-order valence-electron chi connectivity index (χ1n) is 6.68. The maximum Gasteiger partial charge on any atom is 0.417 e. The lowest BCUT2D eigenvalue weighted by atomic mass is 10.0. The molecule has 2 rings (SSSR count). The number of piperazine rings is 1. The molecule has 8 heteroatoms. The number of hydrogen-bond donors (Lipinski definition) is 1. The SMILES string of the molecule is BN1CCN(Cc2ccc(C(N)=O)c(C(F)(F)F)c2)CC1. The van der Waals surface area contributed by atoms with E-state index in [0.29, 0.717) is 12.1 Å². The van der Waals surface area contributed by atoms with E-state index in [2.05, 4.69) is 9.71 Å². The molecule has 4 nitrogen and oxygen atoms in total. The van der Waals surface area contributed by atoms with Crippen LogP contribution in [0.3, 0.4) is 0 Å². The molecule has 1 fully saturated rings. The van der Waals surface area contributed by atoms with Crippen molar-refractivity contribution in [3.63, 3.8) is 0 Å². The molecule has 1 heterocycles. The summed E-state index contributed by atoms with van der Waals surface area (Å²) in [6.07, 6.45) is -4.58. The van der Waals surface area contributed by atoms with Crippen molar-refractivity contribution < 1.29 is 18.0 Å². The lowest BCUT2D eigenvalue weighted by Crippen LogP contribution is -2.44. The number of halogens is 3. The Morgan fingerprint density at radius 1 is 1.24 bits per heavy atom. The van der Waals surface area contributed by atoms with E-state index in [-0.39, 0.29) is 0 Å². The van der Waals surface area contributed by atoms with Gasteiger partial charge in [-0.2, -0.15) is 13.2 Å². The van der Waals surface area contributed by atoms with Crippen LogP contribution < -0.4 is 5.73 Å². The molecule has 0 saturated carbocycles. The van der Waals surface area contributed by atoms with E-state index >= 15 is 0 Å². The first-order chi connectivity index (χ1) is 9.77. The van der Waals surface area contributed by atoms with E-state index in [1.54, 1.807) is 0 Å². The number of primary amides is 1. The number of nitrogens with zero attached hydrogens (tertiary/aromatic N) is 2. The van der Waals surface area contributed by atoms with Gasteiger partial charge in [-0.05, 0) is 30.8 Å². The highest BCUT2D eigenvalue weighted by molar-refractivity contribution is 6.04. The molecule has 1 aromatic rings. The molecule has 0 aliphatic carbocycles. The lowest BCUT2D eigenvalue weighted by molar-refractivity contribution is -0.138. The van der Waals surface area contributed by atoms with Crippen LogP contribution >= 0.6 is 0 Å². The molecule has 2 N–H and O–H groups in total. The molecule has 0 aromatic heterocycles. The third-order valence-corrected chi connectivity index (χ3v) is 3.66. The molecule has 1 aliphatic rings. The summed E-state index contributed by atoms with van der Waals surface area (Å²) < 4.78 is 39.0. The Balaban J connectivity index is 2.20. The van der Waals surface area contributed by atoms with Crippen LogP contribution in [0.25, 0.3) is 0 Å². The monoisotopic (exact) mass is 299 g/mol. The Morgan fingerprint density at radius 2 is 1.86 bits per heavy atom. The largest absolute Gasteiger partial charge is 0.417 e. The number of benzene rings is 1. The number of carbonyl (C=O) groups excluding carboxylic acids is 1. The molecule has 0 unspecified atom stereocenters. The number of nitrogens with two attached hydrogens (primary N) is 1. The third kappa shape index (κ3) is 3.98. The maximum absolute atomic E-state index is 13.0. The van der Waals surface area contributed by atoms with Crippen LogP contribution in [0, 0.1) is 0 Å². The maximum atomic E-state index is 13.0. The summed E-state index contributed by atoms with van der Waals surface area (Å²) in [4.78, 5) is 15.4. The quantitative estimate of drug-likeness (QED) is 0.826. The summed E-state index contributed by atoms with van der Waals surface area (Å²) in [5.74, 6) is -1.06. The van der Waals surface area contributed by atoms with Crippen molar-refractivity contribution in [2.24, 2.45) is 5.73 Å². The first-order valence-corrected chi connectivity index (χ1v) is 6.68. The summed E-state index contributed by atoms with van der Waals surface area (Å²) in [5.41, 5.74) is 4.11. The van der Waals surface area contributed by atoms with Crippen LogP contribution in [-0.4, -0.2) is 49.8 Å². The van der Waals surface area contributed by atoms with Gasteiger partial charge in [0.2, 0.25) is 5.91 Å². The Hall–Kier alpha value is -1.54. The van der Waals surface area contributed by atoms with Crippen LogP contribution in [0.1, 0.15) is 21.5 Å². The second-order valence-corrected chi connectivity index (χ2v) is 5.32. The molecule has 1 aromatic carbocycles. The highest BCUT2D eigenvalue weighted by Crippen LogP contribution is 2.32. The fourth-order valence-electron chi connectivity index (χ4n) is 2.40. The van der Waals surface area contributed by atoms with E-state index in [1.165, 1.54) is 6.07 Å². The van der Waals surface area contributed by atoms with Crippen LogP contribution in [0.2, 0.25) is 0 Å². The molecule has 0 bridgehead atoms. The van der Waals surface area contributed by atoms with Gasteiger partial charge in [0.1, 0.15) is 0 Å². The Labute approximate surface area is 122 Å². The first kappa shape index (κ1) is 15.8. The number of carbonyl (C=O) groups is 1. The van der Waals surface area contributed by atoms with Crippen molar-refractivity contribution >= 4 is 13.9 Å². The number of alkyl halides is 3. The fourth-order valence-corrected chi connectivity index (χ4v) is 2.40. The standard InChI is InChI=1S/C13H17BF3N3O/c14-20-5-3-19(4-6-20)8-9-1-2-10(12(18)21)11(7-9)13(15,16)17/h1-2,7H,3-6,8,14H2,(H2,18,21). The predicted molar refractivity (Wildman–Crippen MR) is 75.4 cm³/mol. The van der Waals surface area contributed by atoms with E-state index in [4.69, 9.17) is 5.73 Å². The average Bonchev–Trinajstić information content (AvgIpc) is 2.40. The van der Waals surface area contributed by atoms with Gasteiger partial charge in [0.25, 0.3) is 0 Å². The summed E-state index contributed by atoms with van der Waals surface area (Å²) >= 11 is 0. The summed E-state index contributed by atoms with van der Waals surface area (Å²) in [6.45, 7) is 3.86. The topological polar surface area (TPSA) is 49.6 Å². The van der Waals surface area contributed by atoms with Gasteiger partial charge in [0, 0.05) is 19.6 Å². The predicted octanol–water partition coefficient (Wildman–Crippen LogP) is 0.470. The number of rotatable bonds is 3. The zero-order valence-corrected chi connectivity index (χ0v) is 11.8. The van der Waals surface area contributed by atoms with Gasteiger partial charge in [-0.15, -0.1) is 0 Å². The van der Waals surface area contributed by atoms with Crippen LogP contribution in [0.4, 0.5) is 13.2 Å². The Kier molecular flexibility index (Phi) is 4.58. The second-order valence-electron chi connectivity index (χ2n) is 5.32. The van der Waals surface area contributed by atoms with Crippen molar-refractivity contribution in [2.45, 2.75) is 12.7 Å². The zero-order chi connectivity index (χ0) is 15.6. The van der Waals surface area contributed by atoms with Gasteiger partial charge in [-0.1, -0.05) is 6.07 Å². The molecule has 114 valence electrons. The van der Waals surface area contributed by atoms with Crippen molar-refractivity contribution in [1.29, 1.82) is 0 Å². The molecule has 1 saturated heterocycles.